The molecule has 0 unspecified atom stereocenters. The van der Waals surface area contributed by atoms with Crippen LogP contribution in [0.25, 0.3) is 21.9 Å². The van der Waals surface area contributed by atoms with Crippen LogP contribution in [0.2, 0.25) is 0 Å². The zero-order valence-electron chi connectivity index (χ0n) is 27.2. The Balaban J connectivity index is 0.960. The summed E-state index contributed by atoms with van der Waals surface area (Å²) in [5.41, 5.74) is 1.99. The molecule has 2 heterocycles. The van der Waals surface area contributed by atoms with Gasteiger partial charge in [0, 0.05) is 12.1 Å². The van der Waals surface area contributed by atoms with E-state index in [1.807, 2.05) is 6.07 Å². The molecule has 0 aliphatic carbocycles. The van der Waals surface area contributed by atoms with Crippen molar-refractivity contribution in [3.05, 3.63) is 162 Å². The van der Waals surface area contributed by atoms with Gasteiger partial charge in [-0.25, -0.2) is 4.79 Å². The summed E-state index contributed by atoms with van der Waals surface area (Å²) in [5, 5.41) is 5.87. The minimum atomic E-state index is -2.77. The number of fused-ring (bicyclic) bond motifs is 2. The fourth-order valence-electron chi connectivity index (χ4n) is 6.72. The van der Waals surface area contributed by atoms with Gasteiger partial charge >= 0.3 is 224 Å². The Morgan fingerprint density at radius 3 is 1.78 bits per heavy atom. The molecule has 0 fully saturated rings. The summed E-state index contributed by atoms with van der Waals surface area (Å²) in [6.45, 7) is 1.11. The van der Waals surface area contributed by atoms with E-state index in [4.69, 9.17) is 18.3 Å². The molecule has 0 N–H and O–H groups in total. The molecular weight excluding hydrogens is 742 g/mol. The molecule has 0 amide bonds. The molecule has 49 heavy (non-hydrogen) atoms. The fourth-order valence-corrected chi connectivity index (χ4v) is 15.4. The average molecular weight is 781 g/mol. The summed E-state index contributed by atoms with van der Waals surface area (Å²) in [4.78, 5) is 11.7. The molecule has 5 aromatic carbocycles. The smallest absolute Gasteiger partial charge is 0.145 e. The van der Waals surface area contributed by atoms with Crippen LogP contribution in [0, 0.1) is 0 Å². The number of rotatable bonds is 14. The third kappa shape index (κ3) is 6.77. The van der Waals surface area contributed by atoms with Gasteiger partial charge in [-0.15, -0.1) is 0 Å². The van der Waals surface area contributed by atoms with Gasteiger partial charge in [0.05, 0.1) is 17.0 Å². The second kappa shape index (κ2) is 14.6. The largest absolute Gasteiger partial charge is 0.464 e. The van der Waals surface area contributed by atoms with Gasteiger partial charge < -0.3 is 13.6 Å². The van der Waals surface area contributed by atoms with Crippen molar-refractivity contribution in [2.75, 3.05) is 19.4 Å². The van der Waals surface area contributed by atoms with E-state index in [2.05, 4.69) is 137 Å². The van der Waals surface area contributed by atoms with Crippen molar-refractivity contribution in [3.63, 3.8) is 0 Å². The first-order valence-corrected chi connectivity index (χ1v) is 21.9. The Kier molecular flexibility index (Phi) is 9.88. The van der Waals surface area contributed by atoms with Gasteiger partial charge in [-0.1, -0.05) is 0 Å². The number of benzene rings is 5. The van der Waals surface area contributed by atoms with Gasteiger partial charge in [-0.2, -0.15) is 0 Å². The summed E-state index contributed by atoms with van der Waals surface area (Å²) < 4.78 is 20.4. The molecule has 0 saturated carbocycles. The monoisotopic (exact) mass is 780 g/mol. The van der Waals surface area contributed by atoms with E-state index >= 15 is 0 Å². The topological polar surface area (TPSA) is 61.8 Å². The van der Waals surface area contributed by atoms with Crippen molar-refractivity contribution in [1.29, 1.82) is 0 Å². The molecule has 0 aliphatic heterocycles. The quantitative estimate of drug-likeness (QED) is 0.0477. The predicted molar refractivity (Wildman–Crippen MR) is 211 cm³/mol. The molecule has 248 valence electrons. The van der Waals surface area contributed by atoms with Gasteiger partial charge in [0.2, 0.25) is 0 Å². The first-order valence-electron chi connectivity index (χ1n) is 16.7. The fraction of sp³-hybridized carbons (Fsp3) is 0.167. The van der Waals surface area contributed by atoms with Gasteiger partial charge in [0.25, 0.3) is 0 Å². The van der Waals surface area contributed by atoms with Gasteiger partial charge in [0.1, 0.15) is 16.9 Å². The van der Waals surface area contributed by atoms with E-state index in [1.54, 1.807) is 18.4 Å². The van der Waals surface area contributed by atoms with Crippen molar-refractivity contribution >= 4 is 64.1 Å². The molecule has 0 atom stereocenters. The third-order valence-electron chi connectivity index (χ3n) is 9.21. The maximum atomic E-state index is 11.7. The standard InChI is InChI=1S/C42H38IO5P/c43-49(34-14-4-1-5-15-34,35-16-6-2-7-17-35,36-18-8-3-9-19-36)30-12-13-32-20-22-33(23-21-32)45-27-10-11-28-47-42-37-24-25-41(44)48-40(37)31-39-38(42)26-29-46-39/h1-9,14-26,29,31H,10-13,27-28,30H2. The molecule has 0 radical (unpaired) electrons. The molecule has 0 saturated heterocycles. The van der Waals surface area contributed by atoms with Crippen LogP contribution in [0.1, 0.15) is 24.8 Å². The summed E-state index contributed by atoms with van der Waals surface area (Å²) in [6, 6.07) is 48.7. The number of hydrogen-bond acceptors (Lipinski definition) is 5. The zero-order valence-corrected chi connectivity index (χ0v) is 30.2. The summed E-state index contributed by atoms with van der Waals surface area (Å²) in [5.74, 6) is 1.55. The molecular formula is C42H38IO5P. The van der Waals surface area contributed by atoms with E-state index in [9.17, 15) is 4.79 Å². The summed E-state index contributed by atoms with van der Waals surface area (Å²) in [7, 11) is 0. The Hall–Kier alpha value is -4.39. The summed E-state index contributed by atoms with van der Waals surface area (Å²) >= 11 is 2.87. The Bertz CT molecular complexity index is 2100. The summed E-state index contributed by atoms with van der Waals surface area (Å²) in [6.07, 6.45) is 6.40. The van der Waals surface area contributed by atoms with Crippen LogP contribution in [0.5, 0.6) is 11.5 Å². The normalized spacial score (nSPS) is 12.5. The second-order valence-corrected chi connectivity index (χ2v) is 23.0. The number of hydrogen-bond donors (Lipinski definition) is 0. The van der Waals surface area contributed by atoms with Gasteiger partial charge in [-0.05, 0) is 12.1 Å². The zero-order chi connectivity index (χ0) is 33.5. The van der Waals surface area contributed by atoms with Crippen LogP contribution < -0.4 is 31.0 Å². The van der Waals surface area contributed by atoms with Crippen LogP contribution in [0.15, 0.2) is 159 Å². The van der Waals surface area contributed by atoms with Crippen molar-refractivity contribution in [2.45, 2.75) is 25.7 Å². The minimum absolute atomic E-state index is 0.402. The molecule has 0 bridgehead atoms. The maximum Gasteiger partial charge on any atom is 0.145 e. The molecule has 7 aromatic rings. The molecule has 0 aliphatic rings. The Morgan fingerprint density at radius 2 is 1.16 bits per heavy atom. The van der Waals surface area contributed by atoms with Crippen LogP contribution in [-0.2, 0) is 6.42 Å². The number of halogens is 1. The van der Waals surface area contributed by atoms with Crippen molar-refractivity contribution < 1.29 is 18.3 Å². The molecule has 2 aromatic heterocycles. The van der Waals surface area contributed by atoms with E-state index in [1.165, 1.54) is 27.5 Å². The number of aryl methyl sites for hydroxylation is 1. The van der Waals surface area contributed by atoms with Crippen LogP contribution in [0.4, 0.5) is 0 Å². The van der Waals surface area contributed by atoms with Crippen LogP contribution in [0.3, 0.4) is 0 Å². The Morgan fingerprint density at radius 1 is 0.592 bits per heavy atom. The van der Waals surface area contributed by atoms with Crippen LogP contribution in [-0.4, -0.2) is 19.4 Å². The molecule has 7 rings (SSSR count). The maximum absolute atomic E-state index is 11.7. The molecule has 7 heteroatoms. The number of ether oxygens (including phenoxy) is 2. The minimum Gasteiger partial charge on any atom is -0.464 e. The number of furan rings is 1. The van der Waals surface area contributed by atoms with E-state index in [0.29, 0.717) is 30.1 Å². The van der Waals surface area contributed by atoms with E-state index < -0.39 is 9.87 Å². The van der Waals surface area contributed by atoms with Gasteiger partial charge in [0.15, 0.2) is 0 Å². The van der Waals surface area contributed by atoms with E-state index in [0.717, 1.165) is 48.4 Å². The first kappa shape index (κ1) is 33.1. The molecule has 5 nitrogen and oxygen atoms in total. The number of unbranched alkanes of at least 4 members (excludes halogenated alkanes) is 1. The van der Waals surface area contributed by atoms with Crippen molar-refractivity contribution in [2.24, 2.45) is 0 Å². The SMILES string of the molecule is O=c1ccc2c(OCCCCOc3ccc(CCCP(I)(c4ccccc4)(c4ccccc4)c4ccccc4)cc3)c3ccoc3cc2o1. The predicted octanol–water partition coefficient (Wildman–Crippen LogP) is 9.59. The second-order valence-electron chi connectivity index (χ2n) is 12.3. The molecule has 0 spiro atoms. The van der Waals surface area contributed by atoms with Crippen molar-refractivity contribution in [3.8, 4) is 11.5 Å². The van der Waals surface area contributed by atoms with Crippen molar-refractivity contribution in [1.82, 2.24) is 0 Å². The van der Waals surface area contributed by atoms with Gasteiger partial charge in [-0.3, -0.25) is 0 Å². The van der Waals surface area contributed by atoms with Crippen LogP contribution >= 0.6 is 26.3 Å². The third-order valence-corrected chi connectivity index (χ3v) is 21.0. The first-order chi connectivity index (χ1) is 24.0. The Labute approximate surface area is 299 Å². The average Bonchev–Trinajstić information content (AvgIpc) is 3.63. The van der Waals surface area contributed by atoms with E-state index in [-0.39, 0.29) is 0 Å².